The number of rotatable bonds is 4. The Morgan fingerprint density at radius 2 is 2.15 bits per heavy atom. The van der Waals surface area contributed by atoms with Crippen LogP contribution in [0.4, 0.5) is 4.39 Å². The third-order valence-corrected chi connectivity index (χ3v) is 3.08. The van der Waals surface area contributed by atoms with Gasteiger partial charge < -0.3 is 9.47 Å². The number of methoxy groups -OCH3 is 1. The van der Waals surface area contributed by atoms with Crippen molar-refractivity contribution in [2.75, 3.05) is 13.7 Å². The lowest BCUT2D eigenvalue weighted by molar-refractivity contribution is 0.369. The molecule has 0 amide bonds. The maximum absolute atomic E-state index is 14.0. The summed E-state index contributed by atoms with van der Waals surface area (Å²) in [5.41, 5.74) is 0.0784. The topological polar surface area (TPSA) is 36.3 Å². The predicted molar refractivity (Wildman–Crippen MR) is 74.4 cm³/mol. The second-order valence-corrected chi connectivity index (χ2v) is 4.41. The normalized spacial score (nSPS) is 10.2. The van der Waals surface area contributed by atoms with Crippen LogP contribution in [0.15, 0.2) is 18.3 Å². The Bertz CT molecular complexity index is 680. The highest BCUT2D eigenvalue weighted by Gasteiger charge is 2.17. The highest BCUT2D eigenvalue weighted by molar-refractivity contribution is 6.32. The van der Waals surface area contributed by atoms with Gasteiger partial charge in [-0.25, -0.2) is 9.07 Å². The van der Waals surface area contributed by atoms with Crippen LogP contribution in [0, 0.1) is 18.2 Å². The zero-order chi connectivity index (χ0) is 14.7. The molecule has 4 nitrogen and oxygen atoms in total. The molecular formula is C13H9Cl2FN2O2. The molecule has 1 aromatic heterocycles. The standard InChI is InChI=1S/C13H9Cl2FN2O2/c1-3-4-20-11-6-10(9(16)5-8(11)14)18-13(15)12(19-2)7-17-18/h1,5-7H,4H2,2H3. The van der Waals surface area contributed by atoms with Crippen molar-refractivity contribution in [2.24, 2.45) is 0 Å². The van der Waals surface area contributed by atoms with Crippen LogP contribution in [0.1, 0.15) is 0 Å². The zero-order valence-corrected chi connectivity index (χ0v) is 11.9. The van der Waals surface area contributed by atoms with Crippen molar-refractivity contribution >= 4 is 23.2 Å². The fourth-order valence-corrected chi connectivity index (χ4v) is 2.00. The number of nitrogens with zero attached hydrogens (tertiary/aromatic N) is 2. The monoisotopic (exact) mass is 314 g/mol. The number of hydrogen-bond acceptors (Lipinski definition) is 3. The molecule has 0 aliphatic heterocycles. The Morgan fingerprint density at radius 1 is 1.40 bits per heavy atom. The summed E-state index contributed by atoms with van der Waals surface area (Å²) >= 11 is 11.9. The first-order valence-corrected chi connectivity index (χ1v) is 6.17. The molecule has 1 aromatic carbocycles. The first kappa shape index (κ1) is 14.5. The van der Waals surface area contributed by atoms with Gasteiger partial charge in [0.2, 0.25) is 0 Å². The van der Waals surface area contributed by atoms with Crippen LogP contribution in [0.25, 0.3) is 5.69 Å². The van der Waals surface area contributed by atoms with Gasteiger partial charge in [-0.2, -0.15) is 5.10 Å². The van der Waals surface area contributed by atoms with Crippen LogP contribution in [0.2, 0.25) is 10.2 Å². The van der Waals surface area contributed by atoms with Crippen molar-refractivity contribution in [1.82, 2.24) is 9.78 Å². The second-order valence-electron chi connectivity index (χ2n) is 3.64. The zero-order valence-electron chi connectivity index (χ0n) is 10.4. The highest BCUT2D eigenvalue weighted by Crippen LogP contribution is 2.33. The van der Waals surface area contributed by atoms with Gasteiger partial charge >= 0.3 is 0 Å². The van der Waals surface area contributed by atoms with E-state index in [1.54, 1.807) is 0 Å². The first-order valence-electron chi connectivity index (χ1n) is 5.41. The minimum Gasteiger partial charge on any atom is -0.492 e. The molecule has 0 saturated heterocycles. The summed E-state index contributed by atoms with van der Waals surface area (Å²) in [6.07, 6.45) is 6.48. The number of terminal acetylenes is 1. The van der Waals surface area contributed by atoms with Gasteiger partial charge in [0.15, 0.2) is 16.7 Å². The fourth-order valence-electron chi connectivity index (χ4n) is 1.53. The summed E-state index contributed by atoms with van der Waals surface area (Å²) in [7, 11) is 1.44. The molecule has 20 heavy (non-hydrogen) atoms. The van der Waals surface area contributed by atoms with E-state index in [9.17, 15) is 4.39 Å². The van der Waals surface area contributed by atoms with Crippen molar-refractivity contribution < 1.29 is 13.9 Å². The van der Waals surface area contributed by atoms with Crippen LogP contribution in [-0.2, 0) is 0 Å². The molecule has 0 saturated carbocycles. The molecule has 104 valence electrons. The Morgan fingerprint density at radius 3 is 2.75 bits per heavy atom. The molecule has 7 heteroatoms. The summed E-state index contributed by atoms with van der Waals surface area (Å²) in [5, 5.41) is 4.19. The summed E-state index contributed by atoms with van der Waals surface area (Å²) in [5.74, 6) is 2.27. The third-order valence-electron chi connectivity index (χ3n) is 2.44. The van der Waals surface area contributed by atoms with E-state index in [1.165, 1.54) is 24.1 Å². The average molecular weight is 315 g/mol. The lowest BCUT2D eigenvalue weighted by atomic mass is 10.3. The van der Waals surface area contributed by atoms with Crippen LogP contribution in [-0.4, -0.2) is 23.5 Å². The SMILES string of the molecule is C#CCOc1cc(-n2ncc(OC)c2Cl)c(F)cc1Cl. The summed E-state index contributed by atoms with van der Waals surface area (Å²) < 4.78 is 25.4. The van der Waals surface area contributed by atoms with Crippen LogP contribution in [0.5, 0.6) is 11.5 Å². The van der Waals surface area contributed by atoms with E-state index >= 15 is 0 Å². The molecule has 0 spiro atoms. The number of ether oxygens (including phenoxy) is 2. The van der Waals surface area contributed by atoms with Gasteiger partial charge in [0.25, 0.3) is 0 Å². The van der Waals surface area contributed by atoms with Gasteiger partial charge in [0.1, 0.15) is 18.0 Å². The van der Waals surface area contributed by atoms with Crippen LogP contribution in [0.3, 0.4) is 0 Å². The van der Waals surface area contributed by atoms with Gasteiger partial charge in [0.05, 0.1) is 18.3 Å². The minimum absolute atomic E-state index is 0.0148. The summed E-state index contributed by atoms with van der Waals surface area (Å²) in [6.45, 7) is 0.0148. The molecule has 0 fully saturated rings. The van der Waals surface area contributed by atoms with E-state index < -0.39 is 5.82 Å². The number of halogens is 3. The molecule has 0 aliphatic carbocycles. The van der Waals surface area contributed by atoms with E-state index in [-0.39, 0.29) is 28.2 Å². The van der Waals surface area contributed by atoms with Crippen molar-refractivity contribution in [3.05, 3.63) is 34.3 Å². The predicted octanol–water partition coefficient (Wildman–Crippen LogP) is 3.34. The Hall–Kier alpha value is -1.90. The largest absolute Gasteiger partial charge is 0.492 e. The van der Waals surface area contributed by atoms with Gasteiger partial charge in [0, 0.05) is 6.07 Å². The maximum Gasteiger partial charge on any atom is 0.176 e. The van der Waals surface area contributed by atoms with Gasteiger partial charge in [-0.3, -0.25) is 0 Å². The van der Waals surface area contributed by atoms with E-state index in [4.69, 9.17) is 39.1 Å². The molecule has 0 N–H and O–H groups in total. The minimum atomic E-state index is -0.601. The first-order chi connectivity index (χ1) is 9.58. The van der Waals surface area contributed by atoms with Crippen molar-refractivity contribution in [2.45, 2.75) is 0 Å². The van der Waals surface area contributed by atoms with E-state index in [0.717, 1.165) is 6.07 Å². The Labute approximate surface area is 125 Å². The van der Waals surface area contributed by atoms with Crippen molar-refractivity contribution in [1.29, 1.82) is 0 Å². The smallest absolute Gasteiger partial charge is 0.176 e. The lowest BCUT2D eigenvalue weighted by Crippen LogP contribution is -2.02. The van der Waals surface area contributed by atoms with E-state index in [1.807, 2.05) is 0 Å². The average Bonchev–Trinajstić information content (AvgIpc) is 2.79. The Kier molecular flexibility index (Phi) is 4.38. The quantitative estimate of drug-likeness (QED) is 0.812. The van der Waals surface area contributed by atoms with Gasteiger partial charge in [-0.05, 0) is 6.07 Å². The molecular weight excluding hydrogens is 306 g/mol. The molecule has 2 aromatic rings. The molecule has 0 unspecified atom stereocenters. The maximum atomic E-state index is 14.0. The van der Waals surface area contributed by atoms with E-state index in [2.05, 4.69) is 11.0 Å². The van der Waals surface area contributed by atoms with Gasteiger partial charge in [-0.15, -0.1) is 6.42 Å². The number of benzene rings is 1. The summed E-state index contributed by atoms with van der Waals surface area (Å²) in [4.78, 5) is 0. The third kappa shape index (κ3) is 2.67. The molecule has 0 aliphatic rings. The van der Waals surface area contributed by atoms with Crippen molar-refractivity contribution in [3.8, 4) is 29.5 Å². The second kappa shape index (κ2) is 6.04. The molecule has 1 heterocycles. The molecule has 0 radical (unpaired) electrons. The van der Waals surface area contributed by atoms with E-state index in [0.29, 0.717) is 5.75 Å². The lowest BCUT2D eigenvalue weighted by Gasteiger charge is -2.10. The molecule has 2 rings (SSSR count). The van der Waals surface area contributed by atoms with Crippen LogP contribution >= 0.6 is 23.2 Å². The summed E-state index contributed by atoms with van der Waals surface area (Å²) in [6, 6.07) is 2.47. The Balaban J connectivity index is 2.50. The highest BCUT2D eigenvalue weighted by atomic mass is 35.5. The van der Waals surface area contributed by atoms with Gasteiger partial charge in [-0.1, -0.05) is 29.1 Å². The van der Waals surface area contributed by atoms with Crippen LogP contribution < -0.4 is 9.47 Å². The van der Waals surface area contributed by atoms with Crippen molar-refractivity contribution in [3.63, 3.8) is 0 Å². The number of aromatic nitrogens is 2. The molecule has 0 bridgehead atoms. The molecule has 0 atom stereocenters. The number of hydrogen-bond donors (Lipinski definition) is 0. The fraction of sp³-hybridized carbons (Fsp3) is 0.154.